The fourth-order valence-electron chi connectivity index (χ4n) is 1.06. The number of sulfonamides is 1. The zero-order valence-corrected chi connectivity index (χ0v) is 10.4. The van der Waals surface area contributed by atoms with Crippen molar-refractivity contribution in [1.82, 2.24) is 0 Å². The quantitative estimate of drug-likeness (QED) is 0.641. The van der Waals surface area contributed by atoms with Crippen LogP contribution < -0.4 is 4.72 Å². The van der Waals surface area contributed by atoms with E-state index in [0.717, 1.165) is 0 Å². The summed E-state index contributed by atoms with van der Waals surface area (Å²) in [5, 5.41) is 8.83. The highest BCUT2D eigenvalue weighted by molar-refractivity contribution is 7.92. The van der Waals surface area contributed by atoms with Gasteiger partial charge in [0.1, 0.15) is 0 Å². The molecule has 0 spiro atoms. The fraction of sp³-hybridized carbons (Fsp3) is 0.125. The van der Waals surface area contributed by atoms with Gasteiger partial charge in [-0.2, -0.15) is 4.21 Å². The summed E-state index contributed by atoms with van der Waals surface area (Å²) in [4.78, 5) is 10.8. The van der Waals surface area contributed by atoms with Crippen molar-refractivity contribution in [3.63, 3.8) is 0 Å². The van der Waals surface area contributed by atoms with Crippen LogP contribution in [0.3, 0.4) is 0 Å². The fourth-order valence-corrected chi connectivity index (χ4v) is 2.47. The third-order valence-corrected chi connectivity index (χ3v) is 3.15. The van der Waals surface area contributed by atoms with Crippen LogP contribution in [-0.4, -0.2) is 34.2 Å². The number of para-hydroxylation sites is 1. The van der Waals surface area contributed by atoms with Gasteiger partial charge in [-0.05, 0) is 12.1 Å². The van der Waals surface area contributed by atoms with E-state index in [1.165, 1.54) is 24.3 Å². The number of anilines is 1. The average molecular weight is 295 g/mol. The lowest BCUT2D eigenvalue weighted by Crippen LogP contribution is -2.20. The average Bonchev–Trinajstić information content (AvgIpc) is 2.26. The summed E-state index contributed by atoms with van der Waals surface area (Å²) in [6.45, 7) is 0. The monoisotopic (exact) mass is 295 g/mol. The molecule has 1 atom stereocenters. The van der Waals surface area contributed by atoms with Gasteiger partial charge in [-0.15, -0.1) is 0 Å². The van der Waals surface area contributed by atoms with Gasteiger partial charge in [-0.3, -0.25) is 13.5 Å². The summed E-state index contributed by atoms with van der Waals surface area (Å²) in [7, 11) is -4.07. The molecule has 0 amide bonds. The van der Waals surface area contributed by atoms with Crippen LogP contribution in [-0.2, 0) is 25.6 Å². The van der Waals surface area contributed by atoms with Gasteiger partial charge in [0.25, 0.3) is 10.0 Å². The lowest BCUT2D eigenvalue weighted by atomic mass is 10.2. The van der Waals surface area contributed by atoms with Gasteiger partial charge in [0.2, 0.25) is 0 Å². The highest BCUT2D eigenvalue weighted by Crippen LogP contribution is 2.16. The molecule has 0 fully saturated rings. The second kappa shape index (κ2) is 5.91. The number of hydrogen-bond acceptors (Lipinski definition) is 5. The molecule has 18 heavy (non-hydrogen) atoms. The highest BCUT2D eigenvalue weighted by atomic mass is 32.2. The Bertz CT molecular complexity index is 569. The molecule has 1 unspecified atom stereocenters. The molecule has 0 radical (unpaired) electrons. The van der Waals surface area contributed by atoms with Gasteiger partial charge < -0.3 is 5.11 Å². The molecule has 0 aliphatic heterocycles. The number of aromatic carboxylic acids is 1. The molecule has 0 heterocycles. The van der Waals surface area contributed by atoms with Crippen molar-refractivity contribution >= 4 is 33.0 Å². The van der Waals surface area contributed by atoms with E-state index in [2.05, 4.69) is 4.18 Å². The van der Waals surface area contributed by atoms with Crippen LogP contribution >= 0.6 is 0 Å². The zero-order valence-electron chi connectivity index (χ0n) is 8.77. The Hall–Kier alpha value is -1.49. The number of carbonyl (C=O) groups is 1. The second-order valence-corrected chi connectivity index (χ2v) is 5.36. The van der Waals surface area contributed by atoms with Crippen LogP contribution in [0.15, 0.2) is 24.3 Å². The van der Waals surface area contributed by atoms with Crippen LogP contribution in [0.2, 0.25) is 0 Å². The lowest BCUT2D eigenvalue weighted by molar-refractivity contribution is 0.0698. The number of carboxylic acids is 1. The maximum atomic E-state index is 11.4. The molecule has 0 saturated heterocycles. The Morgan fingerprint density at radius 1 is 1.39 bits per heavy atom. The first-order valence-electron chi connectivity index (χ1n) is 4.39. The van der Waals surface area contributed by atoms with Crippen molar-refractivity contribution in [1.29, 1.82) is 0 Å². The molecule has 0 aliphatic carbocycles. The van der Waals surface area contributed by atoms with Gasteiger partial charge >= 0.3 is 17.3 Å². The minimum absolute atomic E-state index is 0.155. The van der Waals surface area contributed by atoms with Crippen LogP contribution in [0.5, 0.6) is 0 Å². The van der Waals surface area contributed by atoms with Gasteiger partial charge in [0.05, 0.1) is 11.3 Å². The first kappa shape index (κ1) is 14.6. The number of hydrogen-bond donors (Lipinski definition) is 3. The number of rotatable bonds is 6. The van der Waals surface area contributed by atoms with E-state index in [0.29, 0.717) is 0 Å². The van der Waals surface area contributed by atoms with E-state index in [-0.39, 0.29) is 11.3 Å². The summed E-state index contributed by atoms with van der Waals surface area (Å²) < 4.78 is 47.2. The van der Waals surface area contributed by atoms with Crippen LogP contribution in [0.4, 0.5) is 5.69 Å². The van der Waals surface area contributed by atoms with Crippen molar-refractivity contribution in [3.05, 3.63) is 29.8 Å². The van der Waals surface area contributed by atoms with Crippen molar-refractivity contribution in [2.24, 2.45) is 0 Å². The van der Waals surface area contributed by atoms with E-state index >= 15 is 0 Å². The minimum atomic E-state index is -4.07. The second-order valence-electron chi connectivity index (χ2n) is 3.02. The molecule has 0 aromatic heterocycles. The van der Waals surface area contributed by atoms with Crippen molar-refractivity contribution < 1.29 is 31.3 Å². The third-order valence-electron chi connectivity index (χ3n) is 1.73. The Labute approximate surface area is 105 Å². The number of carboxylic acid groups (broad SMARTS) is 1. The summed E-state index contributed by atoms with van der Waals surface area (Å²) in [6, 6.07) is 5.33. The Morgan fingerprint density at radius 2 is 2.00 bits per heavy atom. The van der Waals surface area contributed by atoms with Gasteiger partial charge in [-0.25, -0.2) is 13.2 Å². The molecule has 10 heteroatoms. The van der Waals surface area contributed by atoms with Crippen molar-refractivity contribution in [3.8, 4) is 0 Å². The van der Waals surface area contributed by atoms with E-state index in [9.17, 15) is 17.4 Å². The van der Waals surface area contributed by atoms with Crippen LogP contribution in [0.25, 0.3) is 0 Å². The Balaban J connectivity index is 2.90. The topological polar surface area (TPSA) is 130 Å². The van der Waals surface area contributed by atoms with E-state index in [1.54, 1.807) is 0 Å². The van der Waals surface area contributed by atoms with Gasteiger partial charge in [-0.1, -0.05) is 12.1 Å². The minimum Gasteiger partial charge on any atom is -0.478 e. The van der Waals surface area contributed by atoms with Gasteiger partial charge in [0, 0.05) is 0 Å². The van der Waals surface area contributed by atoms with E-state index in [4.69, 9.17) is 9.66 Å². The van der Waals surface area contributed by atoms with Crippen molar-refractivity contribution in [2.45, 2.75) is 0 Å². The summed E-state index contributed by atoms with van der Waals surface area (Å²) in [5.74, 6) is -2.37. The molecule has 0 saturated carbocycles. The first-order chi connectivity index (χ1) is 8.32. The standard InChI is InChI=1S/C8H9NO7S2/c10-8(11)6-3-1-2-4-7(6)9-18(14,15)5-16-17(12)13/h1-4,9H,5H2,(H,10,11)(H,12,13). The molecule has 1 rings (SSSR count). The molecule has 3 N–H and O–H groups in total. The summed E-state index contributed by atoms with van der Waals surface area (Å²) in [6.07, 6.45) is 0. The molecule has 0 aliphatic rings. The molecule has 1 aromatic rings. The maximum absolute atomic E-state index is 11.4. The maximum Gasteiger partial charge on any atom is 0.337 e. The molecule has 8 nitrogen and oxygen atoms in total. The lowest BCUT2D eigenvalue weighted by Gasteiger charge is -2.09. The van der Waals surface area contributed by atoms with E-state index in [1.807, 2.05) is 4.72 Å². The first-order valence-corrected chi connectivity index (χ1v) is 7.07. The Morgan fingerprint density at radius 3 is 2.56 bits per heavy atom. The number of nitrogens with one attached hydrogen (secondary N) is 1. The van der Waals surface area contributed by atoms with Crippen LogP contribution in [0.1, 0.15) is 10.4 Å². The summed E-state index contributed by atoms with van der Waals surface area (Å²) >= 11 is -2.72. The van der Waals surface area contributed by atoms with E-state index < -0.39 is 33.3 Å². The smallest absolute Gasteiger partial charge is 0.337 e. The number of benzene rings is 1. The SMILES string of the molecule is O=C(O)c1ccccc1NS(=O)(=O)COS(=O)O. The molecular formula is C8H9NO7S2. The summed E-state index contributed by atoms with van der Waals surface area (Å²) in [5.41, 5.74) is -0.400. The molecular weight excluding hydrogens is 286 g/mol. The van der Waals surface area contributed by atoms with Crippen LogP contribution in [0, 0.1) is 0 Å². The predicted octanol–water partition coefficient (Wildman–Crippen LogP) is 0.237. The predicted molar refractivity (Wildman–Crippen MR) is 62.7 cm³/mol. The highest BCUT2D eigenvalue weighted by Gasteiger charge is 2.17. The molecule has 1 aromatic carbocycles. The zero-order chi connectivity index (χ0) is 13.8. The molecule has 100 valence electrons. The van der Waals surface area contributed by atoms with Crippen molar-refractivity contribution in [2.75, 3.05) is 10.7 Å². The molecule has 0 bridgehead atoms. The normalized spacial score (nSPS) is 12.9. The van der Waals surface area contributed by atoms with Gasteiger partial charge in [0.15, 0.2) is 5.94 Å². The third kappa shape index (κ3) is 4.41. The Kier molecular flexibility index (Phi) is 4.78. The largest absolute Gasteiger partial charge is 0.478 e.